The SMILES string of the molecule is CCN(CCCCl)CCCc1ccccc1. The Bertz CT molecular complexity index is 261. The lowest BCUT2D eigenvalue weighted by molar-refractivity contribution is 0.286. The molecule has 0 amide bonds. The number of benzene rings is 1. The highest BCUT2D eigenvalue weighted by Gasteiger charge is 2.01. The highest BCUT2D eigenvalue weighted by Crippen LogP contribution is 2.04. The summed E-state index contributed by atoms with van der Waals surface area (Å²) in [7, 11) is 0. The third-order valence-corrected chi connectivity index (χ3v) is 3.11. The van der Waals surface area contributed by atoms with Crippen LogP contribution in [0.3, 0.4) is 0 Å². The summed E-state index contributed by atoms with van der Waals surface area (Å²) in [5.41, 5.74) is 1.44. The fraction of sp³-hybridized carbons (Fsp3) is 0.571. The fourth-order valence-corrected chi connectivity index (χ4v) is 1.98. The van der Waals surface area contributed by atoms with Crippen LogP contribution in [-0.4, -0.2) is 30.4 Å². The van der Waals surface area contributed by atoms with Crippen molar-refractivity contribution in [2.24, 2.45) is 0 Å². The lowest BCUT2D eigenvalue weighted by Gasteiger charge is -2.19. The first kappa shape index (κ1) is 13.5. The molecule has 16 heavy (non-hydrogen) atoms. The Morgan fingerprint density at radius 3 is 2.38 bits per heavy atom. The summed E-state index contributed by atoms with van der Waals surface area (Å²) in [5, 5.41) is 0. The van der Waals surface area contributed by atoms with Crippen LogP contribution in [0.25, 0.3) is 0 Å². The standard InChI is InChI=1S/C14H22ClN/c1-2-16(13-7-11-15)12-6-10-14-8-4-3-5-9-14/h3-5,8-9H,2,6-7,10-13H2,1H3. The lowest BCUT2D eigenvalue weighted by Crippen LogP contribution is -2.26. The van der Waals surface area contributed by atoms with E-state index in [2.05, 4.69) is 42.2 Å². The van der Waals surface area contributed by atoms with Gasteiger partial charge in [0, 0.05) is 5.88 Å². The molecule has 0 aliphatic heterocycles. The molecule has 0 saturated heterocycles. The monoisotopic (exact) mass is 239 g/mol. The molecule has 0 unspecified atom stereocenters. The zero-order valence-corrected chi connectivity index (χ0v) is 10.9. The van der Waals surface area contributed by atoms with Crippen molar-refractivity contribution in [2.75, 3.05) is 25.5 Å². The Morgan fingerprint density at radius 1 is 1.06 bits per heavy atom. The average molecular weight is 240 g/mol. The Kier molecular flexibility index (Phi) is 7.28. The summed E-state index contributed by atoms with van der Waals surface area (Å²) < 4.78 is 0. The Balaban J connectivity index is 2.18. The average Bonchev–Trinajstić information content (AvgIpc) is 2.35. The topological polar surface area (TPSA) is 3.24 Å². The summed E-state index contributed by atoms with van der Waals surface area (Å²) in [6.45, 7) is 5.67. The van der Waals surface area contributed by atoms with Gasteiger partial charge in [0.05, 0.1) is 0 Å². The molecule has 0 saturated carbocycles. The maximum Gasteiger partial charge on any atom is 0.0235 e. The molecule has 0 bridgehead atoms. The molecule has 0 heterocycles. The van der Waals surface area contributed by atoms with Gasteiger partial charge in [-0.3, -0.25) is 0 Å². The van der Waals surface area contributed by atoms with Crippen molar-refractivity contribution in [3.63, 3.8) is 0 Å². The number of hydrogen-bond donors (Lipinski definition) is 0. The molecule has 0 fully saturated rings. The normalized spacial score (nSPS) is 10.9. The lowest BCUT2D eigenvalue weighted by atomic mass is 10.1. The van der Waals surface area contributed by atoms with Crippen molar-refractivity contribution in [2.45, 2.75) is 26.2 Å². The number of alkyl halides is 1. The Morgan fingerprint density at radius 2 is 1.75 bits per heavy atom. The Labute approximate surface area is 104 Å². The van der Waals surface area contributed by atoms with Gasteiger partial charge in [0.1, 0.15) is 0 Å². The summed E-state index contributed by atoms with van der Waals surface area (Å²) in [5.74, 6) is 0.773. The smallest absolute Gasteiger partial charge is 0.0235 e. The van der Waals surface area contributed by atoms with E-state index in [1.165, 1.54) is 24.9 Å². The second-order valence-corrected chi connectivity index (χ2v) is 4.44. The summed E-state index contributed by atoms with van der Waals surface area (Å²) in [6, 6.07) is 10.7. The van der Waals surface area contributed by atoms with Gasteiger partial charge in [0.2, 0.25) is 0 Å². The largest absolute Gasteiger partial charge is 0.304 e. The molecule has 0 spiro atoms. The van der Waals surface area contributed by atoms with Crippen LogP contribution in [0.4, 0.5) is 0 Å². The van der Waals surface area contributed by atoms with Crippen molar-refractivity contribution >= 4 is 11.6 Å². The first-order valence-electron chi connectivity index (χ1n) is 6.19. The van der Waals surface area contributed by atoms with E-state index in [1.807, 2.05) is 0 Å². The minimum atomic E-state index is 0.773. The molecule has 90 valence electrons. The predicted octanol–water partition coefficient (Wildman–Crippen LogP) is 3.57. The molecule has 0 aromatic heterocycles. The number of hydrogen-bond acceptors (Lipinski definition) is 1. The highest BCUT2D eigenvalue weighted by molar-refractivity contribution is 6.17. The molecule has 0 aliphatic carbocycles. The molecule has 1 rings (SSSR count). The van der Waals surface area contributed by atoms with E-state index in [4.69, 9.17) is 11.6 Å². The van der Waals surface area contributed by atoms with E-state index in [-0.39, 0.29) is 0 Å². The fourth-order valence-electron chi connectivity index (χ4n) is 1.86. The maximum absolute atomic E-state index is 5.71. The molecule has 0 aliphatic rings. The van der Waals surface area contributed by atoms with Crippen LogP contribution in [-0.2, 0) is 6.42 Å². The summed E-state index contributed by atoms with van der Waals surface area (Å²) in [4.78, 5) is 2.48. The van der Waals surface area contributed by atoms with Gasteiger partial charge in [-0.15, -0.1) is 11.6 Å². The Hall–Kier alpha value is -0.530. The number of aryl methyl sites for hydroxylation is 1. The van der Waals surface area contributed by atoms with Crippen LogP contribution in [0.15, 0.2) is 30.3 Å². The molecule has 0 N–H and O–H groups in total. The molecule has 1 aromatic rings. The zero-order chi connectivity index (χ0) is 11.6. The number of nitrogens with zero attached hydrogens (tertiary/aromatic N) is 1. The van der Waals surface area contributed by atoms with Gasteiger partial charge >= 0.3 is 0 Å². The maximum atomic E-state index is 5.71. The minimum absolute atomic E-state index is 0.773. The van der Waals surface area contributed by atoms with Crippen LogP contribution in [0.1, 0.15) is 25.3 Å². The van der Waals surface area contributed by atoms with Crippen LogP contribution >= 0.6 is 11.6 Å². The van der Waals surface area contributed by atoms with E-state index in [1.54, 1.807) is 0 Å². The van der Waals surface area contributed by atoms with Gasteiger partial charge in [0.15, 0.2) is 0 Å². The van der Waals surface area contributed by atoms with Crippen LogP contribution < -0.4 is 0 Å². The van der Waals surface area contributed by atoms with E-state index in [0.29, 0.717) is 0 Å². The zero-order valence-electron chi connectivity index (χ0n) is 10.2. The van der Waals surface area contributed by atoms with Crippen LogP contribution in [0.2, 0.25) is 0 Å². The second kappa shape index (κ2) is 8.60. The molecule has 1 aromatic carbocycles. The van der Waals surface area contributed by atoms with Crippen molar-refractivity contribution in [3.05, 3.63) is 35.9 Å². The highest BCUT2D eigenvalue weighted by atomic mass is 35.5. The molecule has 0 radical (unpaired) electrons. The van der Waals surface area contributed by atoms with Crippen molar-refractivity contribution in [3.8, 4) is 0 Å². The van der Waals surface area contributed by atoms with Crippen molar-refractivity contribution in [1.82, 2.24) is 4.90 Å². The first-order chi connectivity index (χ1) is 7.86. The van der Waals surface area contributed by atoms with Crippen LogP contribution in [0, 0.1) is 0 Å². The third-order valence-electron chi connectivity index (χ3n) is 2.84. The van der Waals surface area contributed by atoms with Gasteiger partial charge in [-0.2, -0.15) is 0 Å². The molecule has 0 atom stereocenters. The quantitative estimate of drug-likeness (QED) is 0.627. The van der Waals surface area contributed by atoms with Gasteiger partial charge in [-0.1, -0.05) is 37.3 Å². The first-order valence-corrected chi connectivity index (χ1v) is 6.72. The van der Waals surface area contributed by atoms with Crippen molar-refractivity contribution < 1.29 is 0 Å². The van der Waals surface area contributed by atoms with Gasteiger partial charge < -0.3 is 4.90 Å². The van der Waals surface area contributed by atoms with E-state index in [0.717, 1.165) is 25.4 Å². The van der Waals surface area contributed by atoms with E-state index >= 15 is 0 Å². The summed E-state index contributed by atoms with van der Waals surface area (Å²) in [6.07, 6.45) is 3.51. The predicted molar refractivity (Wildman–Crippen MR) is 72.2 cm³/mol. The van der Waals surface area contributed by atoms with Crippen molar-refractivity contribution in [1.29, 1.82) is 0 Å². The number of halogens is 1. The number of rotatable bonds is 8. The molecular formula is C14H22ClN. The van der Waals surface area contributed by atoms with Gasteiger partial charge in [0.25, 0.3) is 0 Å². The second-order valence-electron chi connectivity index (χ2n) is 4.07. The minimum Gasteiger partial charge on any atom is -0.304 e. The van der Waals surface area contributed by atoms with Gasteiger partial charge in [-0.25, -0.2) is 0 Å². The summed E-state index contributed by atoms with van der Waals surface area (Å²) >= 11 is 5.71. The van der Waals surface area contributed by atoms with Gasteiger partial charge in [-0.05, 0) is 44.5 Å². The van der Waals surface area contributed by atoms with Crippen LogP contribution in [0.5, 0.6) is 0 Å². The molecule has 1 nitrogen and oxygen atoms in total. The van der Waals surface area contributed by atoms with E-state index in [9.17, 15) is 0 Å². The van der Waals surface area contributed by atoms with E-state index < -0.39 is 0 Å². The molecule has 2 heteroatoms. The third kappa shape index (κ3) is 5.53. The molecular weight excluding hydrogens is 218 g/mol.